The third-order valence-electron chi connectivity index (χ3n) is 5.31. The van der Waals surface area contributed by atoms with Gasteiger partial charge in [0.15, 0.2) is 0 Å². The van der Waals surface area contributed by atoms with Gasteiger partial charge in [-0.05, 0) is 44.4 Å². The summed E-state index contributed by atoms with van der Waals surface area (Å²) in [5, 5.41) is 0. The van der Waals surface area contributed by atoms with Crippen molar-refractivity contribution < 1.29 is 14.2 Å². The quantitative estimate of drug-likeness (QED) is 0.247. The lowest BCUT2D eigenvalue weighted by Gasteiger charge is -2.37. The van der Waals surface area contributed by atoms with Crippen LogP contribution in [0.5, 0.6) is 0 Å². The molecular weight excluding hydrogens is 288 g/mol. The molecule has 3 nitrogen and oxygen atoms in total. The number of hydrogen-bond acceptors (Lipinski definition) is 3. The summed E-state index contributed by atoms with van der Waals surface area (Å²) in [4.78, 5) is 0. The Balaban J connectivity index is 2.53. The van der Waals surface area contributed by atoms with Crippen molar-refractivity contribution in [3.05, 3.63) is 12.2 Å². The standard InChI is InChI=1S/C20H38O3/c1-5-6-7-8-12-15-19(20(21-2,22-3)23-4)17-16-18-13-10-9-11-14-18/h9-10,18-19H,5-8,11-17H2,1-4H3. The van der Waals surface area contributed by atoms with Crippen LogP contribution in [-0.2, 0) is 14.2 Å². The van der Waals surface area contributed by atoms with Gasteiger partial charge in [0.25, 0.3) is 5.97 Å². The van der Waals surface area contributed by atoms with Crippen LogP contribution in [0.15, 0.2) is 12.2 Å². The fourth-order valence-corrected chi connectivity index (χ4v) is 3.80. The first-order chi connectivity index (χ1) is 11.2. The third-order valence-corrected chi connectivity index (χ3v) is 5.31. The van der Waals surface area contributed by atoms with Crippen LogP contribution in [0.3, 0.4) is 0 Å². The van der Waals surface area contributed by atoms with Gasteiger partial charge < -0.3 is 14.2 Å². The molecule has 0 bridgehead atoms. The van der Waals surface area contributed by atoms with Gasteiger partial charge in [0.1, 0.15) is 0 Å². The van der Waals surface area contributed by atoms with E-state index in [0.717, 1.165) is 18.8 Å². The second-order valence-corrected chi connectivity index (χ2v) is 6.84. The number of unbranched alkanes of at least 4 members (excludes halogenated alkanes) is 4. The lowest BCUT2D eigenvalue weighted by Crippen LogP contribution is -2.44. The molecule has 0 saturated heterocycles. The highest BCUT2D eigenvalue weighted by Crippen LogP contribution is 2.35. The van der Waals surface area contributed by atoms with Gasteiger partial charge in [-0.25, -0.2) is 0 Å². The van der Waals surface area contributed by atoms with E-state index in [1.165, 1.54) is 57.8 Å². The Bertz CT molecular complexity index is 302. The van der Waals surface area contributed by atoms with E-state index in [4.69, 9.17) is 14.2 Å². The molecule has 23 heavy (non-hydrogen) atoms. The van der Waals surface area contributed by atoms with E-state index in [0.29, 0.717) is 5.92 Å². The summed E-state index contributed by atoms with van der Waals surface area (Å²) in [7, 11) is 5.08. The van der Waals surface area contributed by atoms with Crippen LogP contribution in [0, 0.1) is 11.8 Å². The smallest absolute Gasteiger partial charge is 0.285 e. The predicted octanol–water partition coefficient (Wildman–Crippen LogP) is 5.69. The molecule has 0 radical (unpaired) electrons. The molecule has 0 aromatic heterocycles. The van der Waals surface area contributed by atoms with E-state index >= 15 is 0 Å². The van der Waals surface area contributed by atoms with E-state index in [-0.39, 0.29) is 0 Å². The average molecular weight is 327 g/mol. The molecule has 0 aliphatic heterocycles. The molecule has 2 atom stereocenters. The van der Waals surface area contributed by atoms with E-state index in [2.05, 4.69) is 19.1 Å². The lowest BCUT2D eigenvalue weighted by atomic mass is 9.85. The maximum atomic E-state index is 5.66. The van der Waals surface area contributed by atoms with Crippen LogP contribution >= 0.6 is 0 Å². The van der Waals surface area contributed by atoms with Crippen molar-refractivity contribution in [3.8, 4) is 0 Å². The molecule has 0 aromatic carbocycles. The average Bonchev–Trinajstić information content (AvgIpc) is 2.61. The van der Waals surface area contributed by atoms with Crippen LogP contribution in [0.1, 0.15) is 77.6 Å². The zero-order chi connectivity index (χ0) is 17.0. The van der Waals surface area contributed by atoms with Crippen molar-refractivity contribution in [2.45, 2.75) is 83.5 Å². The van der Waals surface area contributed by atoms with Gasteiger partial charge in [0.2, 0.25) is 0 Å². The number of allylic oxidation sites excluding steroid dienone is 2. The highest BCUT2D eigenvalue weighted by atomic mass is 16.9. The lowest BCUT2D eigenvalue weighted by molar-refractivity contribution is -0.380. The molecule has 1 rings (SSSR count). The molecule has 1 aliphatic carbocycles. The SMILES string of the molecule is CCCCCCCC(CCC1CC=CCC1)C(OC)(OC)OC. The molecule has 2 unspecified atom stereocenters. The maximum absolute atomic E-state index is 5.66. The summed E-state index contributed by atoms with van der Waals surface area (Å²) >= 11 is 0. The molecule has 136 valence electrons. The molecular formula is C20H38O3. The first kappa shape index (κ1) is 20.7. The summed E-state index contributed by atoms with van der Waals surface area (Å²) in [6, 6.07) is 0. The minimum atomic E-state index is -0.880. The van der Waals surface area contributed by atoms with Gasteiger partial charge in [-0.1, -0.05) is 51.2 Å². The second kappa shape index (κ2) is 12.0. The van der Waals surface area contributed by atoms with Gasteiger partial charge in [0, 0.05) is 27.2 Å². The van der Waals surface area contributed by atoms with Gasteiger partial charge in [-0.3, -0.25) is 0 Å². The second-order valence-electron chi connectivity index (χ2n) is 6.84. The molecule has 0 spiro atoms. The van der Waals surface area contributed by atoms with Crippen molar-refractivity contribution in [2.75, 3.05) is 21.3 Å². The summed E-state index contributed by atoms with van der Waals surface area (Å²) in [6.45, 7) is 2.26. The largest absolute Gasteiger partial charge is 0.331 e. The molecule has 1 aliphatic rings. The monoisotopic (exact) mass is 326 g/mol. The van der Waals surface area contributed by atoms with E-state index in [1.54, 1.807) is 21.3 Å². The Morgan fingerprint density at radius 2 is 1.65 bits per heavy atom. The molecule has 3 heteroatoms. The van der Waals surface area contributed by atoms with Crippen molar-refractivity contribution >= 4 is 0 Å². The van der Waals surface area contributed by atoms with Crippen LogP contribution in [0.2, 0.25) is 0 Å². The highest BCUT2D eigenvalue weighted by molar-refractivity contribution is 4.90. The summed E-state index contributed by atoms with van der Waals surface area (Å²) < 4.78 is 17.0. The molecule has 0 aromatic rings. The number of ether oxygens (including phenoxy) is 3. The number of rotatable bonds is 13. The predicted molar refractivity (Wildman–Crippen MR) is 96.3 cm³/mol. The Kier molecular flexibility index (Phi) is 10.8. The summed E-state index contributed by atoms with van der Waals surface area (Å²) in [5.74, 6) is 0.232. The Labute approximate surface area is 143 Å². The van der Waals surface area contributed by atoms with Gasteiger partial charge in [-0.2, -0.15) is 0 Å². The van der Waals surface area contributed by atoms with Gasteiger partial charge in [0.05, 0.1) is 0 Å². The minimum absolute atomic E-state index is 0.301. The molecule has 0 heterocycles. The first-order valence-electron chi connectivity index (χ1n) is 9.52. The molecule has 0 N–H and O–H groups in total. The zero-order valence-electron chi connectivity index (χ0n) is 15.8. The maximum Gasteiger partial charge on any atom is 0.285 e. The fourth-order valence-electron chi connectivity index (χ4n) is 3.80. The molecule has 0 amide bonds. The van der Waals surface area contributed by atoms with E-state index in [1.807, 2.05) is 0 Å². The Morgan fingerprint density at radius 1 is 0.957 bits per heavy atom. The van der Waals surface area contributed by atoms with Crippen molar-refractivity contribution in [2.24, 2.45) is 11.8 Å². The summed E-state index contributed by atoms with van der Waals surface area (Å²) in [6.07, 6.45) is 18.4. The van der Waals surface area contributed by atoms with Crippen LogP contribution in [0.4, 0.5) is 0 Å². The van der Waals surface area contributed by atoms with Crippen molar-refractivity contribution in [1.82, 2.24) is 0 Å². The number of methoxy groups -OCH3 is 3. The van der Waals surface area contributed by atoms with E-state index < -0.39 is 5.97 Å². The van der Waals surface area contributed by atoms with Crippen LogP contribution in [-0.4, -0.2) is 27.3 Å². The third kappa shape index (κ3) is 6.94. The topological polar surface area (TPSA) is 27.7 Å². The summed E-state index contributed by atoms with van der Waals surface area (Å²) in [5.41, 5.74) is 0. The van der Waals surface area contributed by atoms with Gasteiger partial charge >= 0.3 is 0 Å². The molecule has 0 saturated carbocycles. The zero-order valence-corrected chi connectivity index (χ0v) is 15.8. The van der Waals surface area contributed by atoms with Gasteiger partial charge in [-0.15, -0.1) is 0 Å². The Hall–Kier alpha value is -0.380. The first-order valence-corrected chi connectivity index (χ1v) is 9.52. The fraction of sp³-hybridized carbons (Fsp3) is 0.900. The Morgan fingerprint density at radius 3 is 2.22 bits per heavy atom. The van der Waals surface area contributed by atoms with Crippen LogP contribution in [0.25, 0.3) is 0 Å². The highest BCUT2D eigenvalue weighted by Gasteiger charge is 2.39. The normalized spacial score (nSPS) is 19.9. The van der Waals surface area contributed by atoms with Crippen molar-refractivity contribution in [3.63, 3.8) is 0 Å². The van der Waals surface area contributed by atoms with Crippen LogP contribution < -0.4 is 0 Å². The van der Waals surface area contributed by atoms with Crippen molar-refractivity contribution in [1.29, 1.82) is 0 Å². The van der Waals surface area contributed by atoms with E-state index in [9.17, 15) is 0 Å². The minimum Gasteiger partial charge on any atom is -0.331 e. The molecule has 0 fully saturated rings. The number of hydrogen-bond donors (Lipinski definition) is 0.